The molecule has 0 heterocycles. The zero-order chi connectivity index (χ0) is 18.4. The first kappa shape index (κ1) is 19.1. The molecule has 0 spiro atoms. The molecule has 0 saturated heterocycles. The van der Waals surface area contributed by atoms with E-state index in [0.717, 1.165) is 5.69 Å². The van der Waals surface area contributed by atoms with Gasteiger partial charge < -0.3 is 24.8 Å². The molecule has 0 radical (unpaired) electrons. The van der Waals surface area contributed by atoms with Crippen LogP contribution in [0.25, 0.3) is 0 Å². The number of benzene rings is 2. The van der Waals surface area contributed by atoms with Crippen molar-refractivity contribution in [1.29, 1.82) is 0 Å². The van der Waals surface area contributed by atoms with Crippen LogP contribution >= 0.6 is 0 Å². The van der Waals surface area contributed by atoms with Crippen molar-refractivity contribution in [3.05, 3.63) is 53.6 Å². The summed E-state index contributed by atoms with van der Waals surface area (Å²) < 4.78 is 10.6. The van der Waals surface area contributed by atoms with Gasteiger partial charge in [-0.1, -0.05) is 18.2 Å². The fourth-order valence-corrected chi connectivity index (χ4v) is 2.87. The first-order valence-electron chi connectivity index (χ1n) is 8.37. The average molecular weight is 344 g/mol. The van der Waals surface area contributed by atoms with E-state index in [1.807, 2.05) is 44.4 Å². The maximum absolute atomic E-state index is 10.6. The Bertz CT molecular complexity index is 688. The van der Waals surface area contributed by atoms with E-state index in [9.17, 15) is 5.11 Å². The Morgan fingerprint density at radius 1 is 1.04 bits per heavy atom. The smallest absolute Gasteiger partial charge is 0.124 e. The van der Waals surface area contributed by atoms with E-state index >= 15 is 0 Å². The van der Waals surface area contributed by atoms with Crippen molar-refractivity contribution >= 4 is 5.69 Å². The molecule has 0 saturated carbocycles. The molecule has 0 aromatic heterocycles. The zero-order valence-electron chi connectivity index (χ0n) is 15.6. The van der Waals surface area contributed by atoms with Crippen molar-refractivity contribution in [3.63, 3.8) is 0 Å². The van der Waals surface area contributed by atoms with E-state index in [-0.39, 0.29) is 6.04 Å². The van der Waals surface area contributed by atoms with Gasteiger partial charge in [-0.3, -0.25) is 0 Å². The highest BCUT2D eigenvalue weighted by Gasteiger charge is 2.17. The van der Waals surface area contributed by atoms with E-state index < -0.39 is 6.10 Å². The van der Waals surface area contributed by atoms with Crippen molar-refractivity contribution in [2.45, 2.75) is 19.1 Å². The Balaban J connectivity index is 2.11. The molecule has 25 heavy (non-hydrogen) atoms. The monoisotopic (exact) mass is 344 g/mol. The molecule has 2 unspecified atom stereocenters. The van der Waals surface area contributed by atoms with E-state index in [1.54, 1.807) is 14.2 Å². The van der Waals surface area contributed by atoms with Crippen molar-refractivity contribution in [2.24, 2.45) is 0 Å². The highest BCUT2D eigenvalue weighted by molar-refractivity contribution is 5.53. The van der Waals surface area contributed by atoms with Crippen LogP contribution in [0.1, 0.15) is 30.2 Å². The van der Waals surface area contributed by atoms with E-state index in [2.05, 4.69) is 29.3 Å². The second-order valence-corrected chi connectivity index (χ2v) is 6.21. The summed E-state index contributed by atoms with van der Waals surface area (Å²) in [7, 11) is 7.26. The molecular weight excluding hydrogens is 316 g/mol. The van der Waals surface area contributed by atoms with Crippen molar-refractivity contribution in [2.75, 3.05) is 39.8 Å². The lowest BCUT2D eigenvalue weighted by Crippen LogP contribution is -2.26. The number of para-hydroxylation sites is 1. The van der Waals surface area contributed by atoms with Gasteiger partial charge in [0.1, 0.15) is 11.5 Å². The molecule has 2 atom stereocenters. The van der Waals surface area contributed by atoms with Crippen molar-refractivity contribution in [1.82, 2.24) is 5.32 Å². The van der Waals surface area contributed by atoms with Gasteiger partial charge in [-0.2, -0.15) is 0 Å². The molecule has 0 aliphatic carbocycles. The summed E-state index contributed by atoms with van der Waals surface area (Å²) >= 11 is 0. The van der Waals surface area contributed by atoms with Crippen LogP contribution in [0.5, 0.6) is 11.5 Å². The minimum Gasteiger partial charge on any atom is -0.497 e. The molecule has 0 amide bonds. The Labute approximate surface area is 150 Å². The molecule has 2 aromatic carbocycles. The lowest BCUT2D eigenvalue weighted by atomic mass is 10.0. The number of nitrogens with zero attached hydrogens (tertiary/aromatic N) is 1. The van der Waals surface area contributed by atoms with Crippen LogP contribution in [0, 0.1) is 0 Å². The zero-order valence-corrected chi connectivity index (χ0v) is 15.6. The van der Waals surface area contributed by atoms with Gasteiger partial charge in [-0.05, 0) is 36.8 Å². The number of methoxy groups -OCH3 is 2. The van der Waals surface area contributed by atoms with Gasteiger partial charge in [-0.15, -0.1) is 0 Å². The lowest BCUT2D eigenvalue weighted by Gasteiger charge is -2.24. The third kappa shape index (κ3) is 4.65. The van der Waals surface area contributed by atoms with Crippen LogP contribution in [0.4, 0.5) is 5.69 Å². The topological polar surface area (TPSA) is 54.0 Å². The number of rotatable bonds is 8. The van der Waals surface area contributed by atoms with Crippen LogP contribution in [-0.2, 0) is 0 Å². The minimum atomic E-state index is -0.695. The Morgan fingerprint density at radius 2 is 1.76 bits per heavy atom. The van der Waals surface area contributed by atoms with Crippen molar-refractivity contribution < 1.29 is 14.6 Å². The number of hydrogen-bond donors (Lipinski definition) is 2. The van der Waals surface area contributed by atoms with Gasteiger partial charge in [0.2, 0.25) is 0 Å². The molecule has 136 valence electrons. The van der Waals surface area contributed by atoms with Gasteiger partial charge in [0.15, 0.2) is 0 Å². The Hall–Kier alpha value is -2.24. The second kappa shape index (κ2) is 8.74. The first-order valence-corrected chi connectivity index (χ1v) is 8.37. The number of anilines is 1. The Kier molecular flexibility index (Phi) is 6.67. The summed E-state index contributed by atoms with van der Waals surface area (Å²) in [5.41, 5.74) is 3.07. The van der Waals surface area contributed by atoms with Gasteiger partial charge in [-0.25, -0.2) is 0 Å². The number of aliphatic hydroxyl groups excluding tert-OH is 1. The number of hydrogen-bond acceptors (Lipinski definition) is 5. The molecule has 0 fully saturated rings. The minimum absolute atomic E-state index is 0.102. The Morgan fingerprint density at radius 3 is 2.40 bits per heavy atom. The molecule has 2 rings (SSSR count). The molecule has 0 aliphatic heterocycles. The van der Waals surface area contributed by atoms with E-state index in [0.29, 0.717) is 23.6 Å². The quantitative estimate of drug-likeness (QED) is 0.770. The van der Waals surface area contributed by atoms with Gasteiger partial charge in [0.25, 0.3) is 0 Å². The van der Waals surface area contributed by atoms with E-state index in [1.165, 1.54) is 5.56 Å². The normalized spacial score (nSPS) is 13.2. The standard InChI is InChI=1S/C20H28N2O3/c1-14(16-8-6-7-9-18(16)22(2)3)21-13-19(23)17-12-15(24-4)10-11-20(17)25-5/h6-12,14,19,21,23H,13H2,1-5H3. The summed E-state index contributed by atoms with van der Waals surface area (Å²) in [5, 5.41) is 14.0. The predicted octanol–water partition coefficient (Wildman–Crippen LogP) is 3.15. The van der Waals surface area contributed by atoms with Crippen LogP contribution in [-0.4, -0.2) is 40.0 Å². The third-order valence-corrected chi connectivity index (χ3v) is 4.30. The average Bonchev–Trinajstić information content (AvgIpc) is 2.65. The number of aliphatic hydroxyl groups is 1. The molecule has 2 N–H and O–H groups in total. The summed E-state index contributed by atoms with van der Waals surface area (Å²) in [6.45, 7) is 2.50. The summed E-state index contributed by atoms with van der Waals surface area (Å²) in [4.78, 5) is 2.09. The first-order chi connectivity index (χ1) is 12.0. The highest BCUT2D eigenvalue weighted by atomic mass is 16.5. The van der Waals surface area contributed by atoms with E-state index in [4.69, 9.17) is 9.47 Å². The van der Waals surface area contributed by atoms with Gasteiger partial charge in [0, 0.05) is 37.9 Å². The molecular formula is C20H28N2O3. The summed E-state index contributed by atoms with van der Waals surface area (Å²) in [6, 6.07) is 13.8. The molecule has 5 heteroatoms. The number of ether oxygens (including phenoxy) is 2. The van der Waals surface area contributed by atoms with Crippen LogP contribution < -0.4 is 19.7 Å². The fraction of sp³-hybridized carbons (Fsp3) is 0.400. The molecule has 0 bridgehead atoms. The summed E-state index contributed by atoms with van der Waals surface area (Å²) in [6.07, 6.45) is -0.695. The SMILES string of the molecule is COc1ccc(OC)c(C(O)CNC(C)c2ccccc2N(C)C)c1. The van der Waals surface area contributed by atoms with Crippen LogP contribution in [0.15, 0.2) is 42.5 Å². The molecule has 5 nitrogen and oxygen atoms in total. The number of nitrogens with one attached hydrogen (secondary N) is 1. The molecule has 0 aliphatic rings. The highest BCUT2D eigenvalue weighted by Crippen LogP contribution is 2.30. The maximum Gasteiger partial charge on any atom is 0.124 e. The predicted molar refractivity (Wildman–Crippen MR) is 102 cm³/mol. The van der Waals surface area contributed by atoms with Gasteiger partial charge >= 0.3 is 0 Å². The largest absolute Gasteiger partial charge is 0.497 e. The maximum atomic E-state index is 10.6. The molecule has 2 aromatic rings. The van der Waals surface area contributed by atoms with Crippen LogP contribution in [0.2, 0.25) is 0 Å². The lowest BCUT2D eigenvalue weighted by molar-refractivity contribution is 0.166. The van der Waals surface area contributed by atoms with Crippen LogP contribution in [0.3, 0.4) is 0 Å². The third-order valence-electron chi connectivity index (χ3n) is 4.30. The second-order valence-electron chi connectivity index (χ2n) is 6.21. The van der Waals surface area contributed by atoms with Crippen molar-refractivity contribution in [3.8, 4) is 11.5 Å². The van der Waals surface area contributed by atoms with Gasteiger partial charge in [0.05, 0.1) is 20.3 Å². The fourth-order valence-electron chi connectivity index (χ4n) is 2.87. The summed E-state index contributed by atoms with van der Waals surface area (Å²) in [5.74, 6) is 1.34.